The number of sulfonamides is 1. The highest BCUT2D eigenvalue weighted by atomic mass is 32.2. The molecular formula is C25H25FN2O4S. The van der Waals surface area contributed by atoms with Crippen LogP contribution in [0.4, 0.5) is 10.1 Å². The van der Waals surface area contributed by atoms with Gasteiger partial charge in [-0.25, -0.2) is 12.8 Å². The first kappa shape index (κ1) is 24.0. The monoisotopic (exact) mass is 468 g/mol. The van der Waals surface area contributed by atoms with E-state index in [9.17, 15) is 17.6 Å². The number of carbonyl (C=O) groups excluding carboxylic acids is 1. The van der Waals surface area contributed by atoms with E-state index in [1.54, 1.807) is 26.1 Å². The third-order valence-electron chi connectivity index (χ3n) is 4.93. The Kier molecular flexibility index (Phi) is 7.50. The van der Waals surface area contributed by atoms with Gasteiger partial charge >= 0.3 is 0 Å². The summed E-state index contributed by atoms with van der Waals surface area (Å²) < 4.78 is 47.2. The molecule has 0 spiro atoms. The highest BCUT2D eigenvalue weighted by Crippen LogP contribution is 2.22. The number of hydrogen-bond donors (Lipinski definition) is 1. The fourth-order valence-corrected chi connectivity index (χ4v) is 4.24. The van der Waals surface area contributed by atoms with Gasteiger partial charge in [-0.2, -0.15) is 0 Å². The Bertz CT molecular complexity index is 1260. The van der Waals surface area contributed by atoms with E-state index in [1.807, 2.05) is 24.3 Å². The summed E-state index contributed by atoms with van der Waals surface area (Å²) in [5.74, 6) is -0.323. The minimum absolute atomic E-state index is 0.128. The van der Waals surface area contributed by atoms with Crippen molar-refractivity contribution in [2.75, 3.05) is 18.4 Å². The molecule has 1 N–H and O–H groups in total. The molecule has 0 bridgehead atoms. The molecule has 0 aliphatic carbocycles. The first-order chi connectivity index (χ1) is 15.7. The lowest BCUT2D eigenvalue weighted by molar-refractivity contribution is 0.0784. The quantitative estimate of drug-likeness (QED) is 0.459. The van der Waals surface area contributed by atoms with Crippen molar-refractivity contribution in [3.63, 3.8) is 0 Å². The first-order valence-corrected chi connectivity index (χ1v) is 11.7. The summed E-state index contributed by atoms with van der Waals surface area (Å²) >= 11 is 0. The molecule has 33 heavy (non-hydrogen) atoms. The lowest BCUT2D eigenvalue weighted by Gasteiger charge is -2.19. The number of ether oxygens (including phenoxy) is 1. The smallest absolute Gasteiger partial charge is 0.262 e. The van der Waals surface area contributed by atoms with Gasteiger partial charge in [0.15, 0.2) is 0 Å². The highest BCUT2D eigenvalue weighted by molar-refractivity contribution is 7.92. The number of para-hydroxylation sites is 1. The Morgan fingerprint density at radius 2 is 1.82 bits per heavy atom. The first-order valence-electron chi connectivity index (χ1n) is 10.2. The van der Waals surface area contributed by atoms with Gasteiger partial charge in [-0.05, 0) is 54.4 Å². The standard InChI is InChI=1S/C25H25FN2O4S/c1-4-15-32-20-12-10-19(11-13-20)17-28(3)25(29)22-16-21(14-9-18(22)2)33(30,31)27-24-8-6-5-7-23(24)26/h4-14,16,27H,1,15,17H2,2-3H3. The second-order valence-electron chi connectivity index (χ2n) is 7.47. The largest absolute Gasteiger partial charge is 0.490 e. The molecule has 0 atom stereocenters. The SMILES string of the molecule is C=CCOc1ccc(CN(C)C(=O)c2cc(S(=O)(=O)Nc3ccccc3F)ccc2C)cc1. The van der Waals surface area contributed by atoms with Crippen LogP contribution in [0.2, 0.25) is 0 Å². The van der Waals surface area contributed by atoms with E-state index in [0.717, 1.165) is 11.6 Å². The van der Waals surface area contributed by atoms with Gasteiger partial charge in [-0.15, -0.1) is 0 Å². The van der Waals surface area contributed by atoms with Crippen molar-refractivity contribution in [2.24, 2.45) is 0 Å². The number of nitrogens with zero attached hydrogens (tertiary/aromatic N) is 1. The van der Waals surface area contributed by atoms with E-state index in [0.29, 0.717) is 24.5 Å². The summed E-state index contributed by atoms with van der Waals surface area (Å²) in [7, 11) is -2.45. The second-order valence-corrected chi connectivity index (χ2v) is 9.15. The van der Waals surface area contributed by atoms with Crippen molar-refractivity contribution in [3.05, 3.63) is 102 Å². The molecule has 0 aliphatic rings. The molecule has 0 fully saturated rings. The van der Waals surface area contributed by atoms with E-state index in [1.165, 1.54) is 35.2 Å². The highest BCUT2D eigenvalue weighted by Gasteiger charge is 2.21. The molecule has 3 rings (SSSR count). The fourth-order valence-electron chi connectivity index (χ4n) is 3.14. The molecule has 6 nitrogen and oxygen atoms in total. The summed E-state index contributed by atoms with van der Waals surface area (Å²) in [6.07, 6.45) is 1.66. The van der Waals surface area contributed by atoms with Crippen LogP contribution in [-0.2, 0) is 16.6 Å². The normalized spacial score (nSPS) is 11.0. The minimum Gasteiger partial charge on any atom is -0.490 e. The number of benzene rings is 3. The van der Waals surface area contributed by atoms with Crippen molar-refractivity contribution in [1.82, 2.24) is 4.90 Å². The number of rotatable bonds is 9. The van der Waals surface area contributed by atoms with Crippen molar-refractivity contribution >= 4 is 21.6 Å². The van der Waals surface area contributed by atoms with Crippen molar-refractivity contribution < 1.29 is 22.3 Å². The zero-order valence-corrected chi connectivity index (χ0v) is 19.2. The number of halogens is 1. The Balaban J connectivity index is 1.78. The zero-order chi connectivity index (χ0) is 24.0. The minimum atomic E-state index is -4.09. The molecule has 0 radical (unpaired) electrons. The maximum atomic E-state index is 13.9. The summed E-state index contributed by atoms with van der Waals surface area (Å²) in [5.41, 5.74) is 1.60. The van der Waals surface area contributed by atoms with Gasteiger partial charge in [-0.3, -0.25) is 9.52 Å². The van der Waals surface area contributed by atoms with Crippen LogP contribution in [0.15, 0.2) is 84.3 Å². The predicted molar refractivity (Wildman–Crippen MR) is 126 cm³/mol. The van der Waals surface area contributed by atoms with Crippen LogP contribution in [0.5, 0.6) is 5.75 Å². The molecule has 0 aromatic heterocycles. The van der Waals surface area contributed by atoms with E-state index < -0.39 is 15.8 Å². The number of nitrogens with one attached hydrogen (secondary N) is 1. The van der Waals surface area contributed by atoms with Gasteiger partial charge in [-0.1, -0.05) is 43.0 Å². The fraction of sp³-hybridized carbons (Fsp3) is 0.160. The molecule has 3 aromatic rings. The molecule has 0 saturated carbocycles. The van der Waals surface area contributed by atoms with E-state index in [2.05, 4.69) is 11.3 Å². The second kappa shape index (κ2) is 10.3. The van der Waals surface area contributed by atoms with Gasteiger partial charge in [0.1, 0.15) is 18.2 Å². The molecular weight excluding hydrogens is 443 g/mol. The molecule has 3 aromatic carbocycles. The van der Waals surface area contributed by atoms with Crippen LogP contribution in [-0.4, -0.2) is 32.9 Å². The summed E-state index contributed by atoms with van der Waals surface area (Å²) in [6.45, 7) is 6.06. The summed E-state index contributed by atoms with van der Waals surface area (Å²) in [4.78, 5) is 14.5. The molecule has 172 valence electrons. The molecule has 0 saturated heterocycles. The number of amides is 1. The molecule has 8 heteroatoms. The third kappa shape index (κ3) is 5.98. The maximum Gasteiger partial charge on any atom is 0.262 e. The van der Waals surface area contributed by atoms with E-state index in [4.69, 9.17) is 4.74 Å². The molecule has 0 unspecified atom stereocenters. The molecule has 0 heterocycles. The van der Waals surface area contributed by atoms with Crippen molar-refractivity contribution in [3.8, 4) is 5.75 Å². The van der Waals surface area contributed by atoms with Crippen LogP contribution >= 0.6 is 0 Å². The van der Waals surface area contributed by atoms with Crippen LogP contribution in [0.3, 0.4) is 0 Å². The van der Waals surface area contributed by atoms with Gasteiger partial charge in [0.2, 0.25) is 0 Å². The Labute approximate surface area is 193 Å². The van der Waals surface area contributed by atoms with Crippen LogP contribution < -0.4 is 9.46 Å². The van der Waals surface area contributed by atoms with Gasteiger partial charge in [0.05, 0.1) is 10.6 Å². The lowest BCUT2D eigenvalue weighted by atomic mass is 10.1. The topological polar surface area (TPSA) is 75.7 Å². The van der Waals surface area contributed by atoms with Crippen LogP contribution in [0, 0.1) is 12.7 Å². The van der Waals surface area contributed by atoms with E-state index in [-0.39, 0.29) is 22.1 Å². The predicted octanol–water partition coefficient (Wildman–Crippen LogP) is 4.77. The number of anilines is 1. The Hall–Kier alpha value is -3.65. The van der Waals surface area contributed by atoms with Crippen molar-refractivity contribution in [2.45, 2.75) is 18.4 Å². The zero-order valence-electron chi connectivity index (χ0n) is 18.4. The number of hydrogen-bond acceptors (Lipinski definition) is 4. The van der Waals surface area contributed by atoms with E-state index >= 15 is 0 Å². The number of aryl methyl sites for hydroxylation is 1. The Morgan fingerprint density at radius 3 is 2.48 bits per heavy atom. The average Bonchev–Trinajstić information content (AvgIpc) is 2.79. The van der Waals surface area contributed by atoms with Gasteiger partial charge in [0, 0.05) is 19.2 Å². The van der Waals surface area contributed by atoms with Crippen LogP contribution in [0.1, 0.15) is 21.5 Å². The third-order valence-corrected chi connectivity index (χ3v) is 6.29. The Morgan fingerprint density at radius 1 is 1.12 bits per heavy atom. The lowest BCUT2D eigenvalue weighted by Crippen LogP contribution is -2.27. The summed E-state index contributed by atoms with van der Waals surface area (Å²) in [6, 6.07) is 17.1. The maximum absolute atomic E-state index is 13.9. The van der Waals surface area contributed by atoms with Gasteiger partial charge < -0.3 is 9.64 Å². The van der Waals surface area contributed by atoms with Crippen molar-refractivity contribution in [1.29, 1.82) is 0 Å². The molecule has 0 aliphatic heterocycles. The van der Waals surface area contributed by atoms with Crippen LogP contribution in [0.25, 0.3) is 0 Å². The summed E-state index contributed by atoms with van der Waals surface area (Å²) in [5, 5.41) is 0. The molecule has 1 amide bonds. The average molecular weight is 469 g/mol. The number of carbonyl (C=O) groups is 1. The van der Waals surface area contributed by atoms with Gasteiger partial charge in [0.25, 0.3) is 15.9 Å².